The Hall–Kier alpha value is -8.95. The van der Waals surface area contributed by atoms with Crippen LogP contribution >= 0.6 is 0 Å². The van der Waals surface area contributed by atoms with E-state index in [0.717, 1.165) is 128 Å². The molecule has 3 spiro atoms. The molecule has 0 radical (unpaired) electrons. The number of carbonyl (C=O) groups is 3. The third-order valence-corrected chi connectivity index (χ3v) is 18.8. The van der Waals surface area contributed by atoms with E-state index in [-0.39, 0.29) is 34.0 Å². The van der Waals surface area contributed by atoms with Crippen LogP contribution in [-0.2, 0) is 53.7 Å². The zero-order chi connectivity index (χ0) is 60.5. The lowest BCUT2D eigenvalue weighted by Crippen LogP contribution is -2.46. The lowest BCUT2D eigenvalue weighted by Gasteiger charge is -2.38. The molecular weight excluding hydrogens is 1100 g/mol. The Morgan fingerprint density at radius 1 is 0.443 bits per heavy atom. The second-order valence-electron chi connectivity index (χ2n) is 24.2. The fourth-order valence-electron chi connectivity index (χ4n) is 13.3. The molecule has 14 rings (SSSR count). The number of furan rings is 1. The van der Waals surface area contributed by atoms with E-state index in [4.69, 9.17) is 40.6 Å². The van der Waals surface area contributed by atoms with Crippen LogP contribution in [0.5, 0.6) is 23.0 Å². The number of likely N-dealkylation sites (tertiary alicyclic amines) is 3. The van der Waals surface area contributed by atoms with Crippen LogP contribution in [0.1, 0.15) is 115 Å². The quantitative estimate of drug-likeness (QED) is 0.106. The average molecular weight is 1180 g/mol. The van der Waals surface area contributed by atoms with Gasteiger partial charge in [0.25, 0.3) is 11.8 Å². The van der Waals surface area contributed by atoms with Crippen molar-refractivity contribution in [2.45, 2.75) is 87.4 Å². The zero-order valence-electron chi connectivity index (χ0n) is 50.0. The highest BCUT2D eigenvalue weighted by atomic mass is 16.5. The third-order valence-electron chi connectivity index (χ3n) is 18.8. The Labute approximate surface area is 515 Å². The molecule has 6 N–H and O–H groups in total. The van der Waals surface area contributed by atoms with E-state index in [2.05, 4.69) is 18.2 Å². The molecule has 7 aromatic carbocycles. The average Bonchev–Trinajstić information content (AvgIpc) is 3.16. The van der Waals surface area contributed by atoms with Crippen LogP contribution in [0.2, 0.25) is 0 Å². The van der Waals surface area contributed by atoms with Crippen LogP contribution in [0.3, 0.4) is 0 Å². The molecule has 1 aromatic heterocycles. The SMILES string of the molecule is NCc1ccc2c(c1)C1(CCN(C(=O)Cc3ccccc3)CC1)CO2.NCc1ccc2c(c1)C1(CCN(C(=O)c3ccc(/C=C\c4ccccc4)o3)CC1)CO2.NCc1ccc2c(c1)C1(CCN(C(=O)c3ccc(OCc4ccccc4)cc3)CC1)CO2. The van der Waals surface area contributed by atoms with Gasteiger partial charge in [0.1, 0.15) is 35.4 Å². The standard InChI is InChI=1S/C27H28N2O3.C26H26N2O3.C21H24N2O2/c28-17-21-6-11-25-24(16-21)27(19-32-25)12-14-29(15-13-27)26(30)22-7-9-23(10-8-22)31-18-20-4-2-1-3-5-20;27-17-20-7-10-23-22(16-20)26(18-30-23)12-14-28(15-13-26)25(29)24-11-9-21(31-24)8-6-19-4-2-1-3-5-19;22-14-17-6-7-19-18(12-17)21(15-25-19)8-10-23(11-9-21)20(24)13-16-4-2-1-3-5-16/h1-11,16H,12-15,17-19,28H2;1-11,16H,12-15,17-18,27H2;1-7,12H,8-11,13-15,22H2/b;8-6-;. The summed E-state index contributed by atoms with van der Waals surface area (Å²) in [5, 5.41) is 0. The van der Waals surface area contributed by atoms with Gasteiger partial charge < -0.3 is 55.3 Å². The molecule has 14 nitrogen and oxygen atoms in total. The molecule has 0 bridgehead atoms. The first-order valence-corrected chi connectivity index (χ1v) is 30.9. The van der Waals surface area contributed by atoms with Gasteiger partial charge in [0.05, 0.1) is 26.2 Å². The highest BCUT2D eigenvalue weighted by Crippen LogP contribution is 2.49. The summed E-state index contributed by atoms with van der Waals surface area (Å²) < 4.78 is 29.5. The Kier molecular flexibility index (Phi) is 17.9. The minimum Gasteiger partial charge on any atom is -0.492 e. The van der Waals surface area contributed by atoms with Crippen LogP contribution in [-0.4, -0.2) is 91.5 Å². The Morgan fingerprint density at radius 2 is 0.875 bits per heavy atom. The monoisotopic (exact) mass is 1180 g/mol. The van der Waals surface area contributed by atoms with E-state index in [1.165, 1.54) is 16.7 Å². The normalized spacial score (nSPS) is 17.1. The minimum absolute atomic E-state index is 0.00751. The number of carbonyl (C=O) groups excluding carboxylic acids is 3. The van der Waals surface area contributed by atoms with Gasteiger partial charge >= 0.3 is 0 Å². The first-order valence-electron chi connectivity index (χ1n) is 30.9. The molecule has 8 aromatic rings. The zero-order valence-corrected chi connectivity index (χ0v) is 50.0. The molecule has 6 aliphatic rings. The highest BCUT2D eigenvalue weighted by molar-refractivity contribution is 5.94. The first-order chi connectivity index (χ1) is 43.0. The molecule has 14 heteroatoms. The number of rotatable bonds is 12. The van der Waals surface area contributed by atoms with Crippen molar-refractivity contribution < 1.29 is 37.7 Å². The molecule has 3 saturated heterocycles. The maximum absolute atomic E-state index is 13.1. The van der Waals surface area contributed by atoms with Gasteiger partial charge in [-0.05, 0) is 133 Å². The largest absolute Gasteiger partial charge is 0.492 e. The van der Waals surface area contributed by atoms with E-state index in [9.17, 15) is 14.4 Å². The van der Waals surface area contributed by atoms with E-state index in [0.29, 0.717) is 76.0 Å². The summed E-state index contributed by atoms with van der Waals surface area (Å²) in [5.74, 6) is 4.97. The molecule has 0 aliphatic carbocycles. The molecule has 88 heavy (non-hydrogen) atoms. The molecule has 7 heterocycles. The van der Waals surface area contributed by atoms with Crippen molar-refractivity contribution in [3.05, 3.63) is 249 Å². The maximum atomic E-state index is 13.1. The third kappa shape index (κ3) is 13.0. The Bertz CT molecular complexity index is 3730. The second kappa shape index (κ2) is 26.6. The van der Waals surface area contributed by atoms with Crippen molar-refractivity contribution in [1.82, 2.24) is 14.7 Å². The Balaban J connectivity index is 0.000000130. The van der Waals surface area contributed by atoms with Crippen LogP contribution in [0.4, 0.5) is 0 Å². The molecule has 0 saturated carbocycles. The van der Waals surface area contributed by atoms with Crippen LogP contribution in [0.15, 0.2) is 186 Å². The fraction of sp³-hybridized carbons (Fsp3) is 0.311. The number of hydrogen-bond donors (Lipinski definition) is 3. The van der Waals surface area contributed by atoms with E-state index < -0.39 is 0 Å². The lowest BCUT2D eigenvalue weighted by atomic mass is 9.74. The van der Waals surface area contributed by atoms with Gasteiger partial charge in [-0.1, -0.05) is 133 Å². The van der Waals surface area contributed by atoms with Crippen LogP contribution in [0.25, 0.3) is 12.2 Å². The van der Waals surface area contributed by atoms with Crippen LogP contribution < -0.4 is 36.1 Å². The molecule has 6 aliphatic heterocycles. The van der Waals surface area contributed by atoms with Gasteiger partial charge in [-0.3, -0.25) is 14.4 Å². The van der Waals surface area contributed by atoms with E-state index >= 15 is 0 Å². The topological polar surface area (TPSA) is 189 Å². The summed E-state index contributed by atoms with van der Waals surface area (Å²) in [6.07, 6.45) is 9.81. The van der Waals surface area contributed by atoms with E-state index in [1.54, 1.807) is 6.07 Å². The van der Waals surface area contributed by atoms with Crippen molar-refractivity contribution in [2.24, 2.45) is 17.2 Å². The summed E-state index contributed by atoms with van der Waals surface area (Å²) in [5.41, 5.74) is 28.7. The summed E-state index contributed by atoms with van der Waals surface area (Å²) in [6.45, 7) is 8.59. The molecule has 0 atom stereocenters. The van der Waals surface area contributed by atoms with Crippen molar-refractivity contribution >= 4 is 29.9 Å². The van der Waals surface area contributed by atoms with Gasteiger partial charge in [-0.15, -0.1) is 0 Å². The molecule has 3 amide bonds. The van der Waals surface area contributed by atoms with E-state index in [1.807, 2.05) is 185 Å². The number of fused-ring (bicyclic) bond motifs is 6. The first kappa shape index (κ1) is 59.4. The van der Waals surface area contributed by atoms with Gasteiger partial charge in [-0.25, -0.2) is 0 Å². The highest BCUT2D eigenvalue weighted by Gasteiger charge is 2.47. The van der Waals surface area contributed by atoms with Crippen molar-refractivity contribution in [3.63, 3.8) is 0 Å². The van der Waals surface area contributed by atoms with Gasteiger partial charge in [0.15, 0.2) is 5.76 Å². The van der Waals surface area contributed by atoms with Crippen molar-refractivity contribution in [3.8, 4) is 23.0 Å². The summed E-state index contributed by atoms with van der Waals surface area (Å²) in [6, 6.07) is 59.8. The molecule has 452 valence electrons. The number of piperidine rings is 3. The molecular formula is C74H78N6O8. The predicted molar refractivity (Wildman–Crippen MR) is 342 cm³/mol. The molecule has 0 unspecified atom stereocenters. The number of hydrogen-bond acceptors (Lipinski definition) is 11. The smallest absolute Gasteiger partial charge is 0.289 e. The molecule has 3 fully saturated rings. The number of ether oxygens (including phenoxy) is 4. The summed E-state index contributed by atoms with van der Waals surface area (Å²) in [7, 11) is 0. The number of benzene rings is 7. The lowest BCUT2D eigenvalue weighted by molar-refractivity contribution is -0.132. The van der Waals surface area contributed by atoms with Gasteiger partial charge in [0, 0.05) is 97.4 Å². The predicted octanol–water partition coefficient (Wildman–Crippen LogP) is 11.4. The number of nitrogens with two attached hydrogens (primary N) is 3. The fourth-order valence-corrected chi connectivity index (χ4v) is 13.3. The Morgan fingerprint density at radius 3 is 1.34 bits per heavy atom. The summed E-state index contributed by atoms with van der Waals surface area (Å²) in [4.78, 5) is 44.5. The van der Waals surface area contributed by atoms with Crippen molar-refractivity contribution in [1.29, 1.82) is 0 Å². The minimum atomic E-state index is -0.0518. The van der Waals surface area contributed by atoms with Crippen LogP contribution in [0, 0.1) is 0 Å². The van der Waals surface area contributed by atoms with Gasteiger partial charge in [-0.2, -0.15) is 0 Å². The maximum Gasteiger partial charge on any atom is 0.289 e. The number of nitrogens with zero attached hydrogens (tertiary/aromatic N) is 3. The summed E-state index contributed by atoms with van der Waals surface area (Å²) >= 11 is 0. The number of amides is 3. The van der Waals surface area contributed by atoms with Crippen molar-refractivity contribution in [2.75, 3.05) is 59.1 Å². The van der Waals surface area contributed by atoms with Gasteiger partial charge in [0.2, 0.25) is 5.91 Å². The second-order valence-corrected chi connectivity index (χ2v) is 24.2.